The number of carbonyl (C=O) groups excluding carboxylic acids is 3. The van der Waals surface area contributed by atoms with Crippen LogP contribution in [0.1, 0.15) is 118 Å². The highest BCUT2D eigenvalue weighted by atomic mass is 16.5. The summed E-state index contributed by atoms with van der Waals surface area (Å²) in [5.41, 5.74) is -0.934. The first-order valence-corrected chi connectivity index (χ1v) is 18.7. The highest BCUT2D eigenvalue weighted by Crippen LogP contribution is 2.32. The second kappa shape index (κ2) is 19.4. The average molecular weight is 695 g/mol. The van der Waals surface area contributed by atoms with Crippen molar-refractivity contribution < 1.29 is 38.5 Å². The van der Waals surface area contributed by atoms with Crippen LogP contribution < -0.4 is 21.3 Å². The third-order valence-electron chi connectivity index (χ3n) is 11.3. The monoisotopic (exact) mass is 694 g/mol. The van der Waals surface area contributed by atoms with E-state index in [4.69, 9.17) is 14.2 Å². The molecule has 0 aromatic heterocycles. The van der Waals surface area contributed by atoms with Gasteiger partial charge in [-0.1, -0.05) is 33.6 Å². The molecule has 0 saturated heterocycles. The van der Waals surface area contributed by atoms with E-state index in [1.165, 1.54) is 6.42 Å². The van der Waals surface area contributed by atoms with Gasteiger partial charge in [0.1, 0.15) is 0 Å². The van der Waals surface area contributed by atoms with Crippen LogP contribution in [0.15, 0.2) is 0 Å². The van der Waals surface area contributed by atoms with Crippen molar-refractivity contribution in [2.24, 2.45) is 23.7 Å². The molecule has 0 aromatic carbocycles. The molecule has 0 radical (unpaired) electrons. The number of hydrogen-bond acceptors (Lipinski definition) is 8. The fraction of sp³-hybridized carbons (Fsp3) is 0.892. The molecule has 3 aliphatic carbocycles. The zero-order valence-corrected chi connectivity index (χ0v) is 31.3. The number of carbonyl (C=O) groups is 4. The van der Waals surface area contributed by atoms with E-state index < -0.39 is 23.5 Å². The number of ketones is 1. The topological polar surface area (TPSA) is 164 Å². The zero-order chi connectivity index (χ0) is 36.3. The number of carboxylic acids is 1. The van der Waals surface area contributed by atoms with E-state index in [1.807, 2.05) is 27.7 Å². The number of aliphatic carboxylic acids is 1. The van der Waals surface area contributed by atoms with Crippen molar-refractivity contribution in [3.63, 3.8) is 0 Å². The Labute approximate surface area is 294 Å². The van der Waals surface area contributed by atoms with Gasteiger partial charge in [-0.05, 0) is 89.4 Å². The van der Waals surface area contributed by atoms with Gasteiger partial charge in [0.05, 0.1) is 30.3 Å². The molecule has 0 aliphatic heterocycles. The second-order valence-corrected chi connectivity index (χ2v) is 15.9. The average Bonchev–Trinajstić information content (AvgIpc) is 3.04. The lowest BCUT2D eigenvalue weighted by molar-refractivity contribution is -0.139. The van der Waals surface area contributed by atoms with Crippen LogP contribution in [0, 0.1) is 23.7 Å². The molecule has 3 rings (SSSR count). The summed E-state index contributed by atoms with van der Waals surface area (Å²) >= 11 is 0. The van der Waals surface area contributed by atoms with Crippen LogP contribution in [0.5, 0.6) is 0 Å². The Morgan fingerprint density at radius 3 is 2.08 bits per heavy atom. The molecule has 5 N–H and O–H groups in total. The number of hydrogen-bond donors (Lipinski definition) is 5. The fourth-order valence-electron chi connectivity index (χ4n) is 8.33. The molecule has 0 bridgehead atoms. The summed E-state index contributed by atoms with van der Waals surface area (Å²) < 4.78 is 17.1. The van der Waals surface area contributed by atoms with E-state index in [9.17, 15) is 24.3 Å². The van der Waals surface area contributed by atoms with E-state index in [2.05, 4.69) is 28.2 Å². The van der Waals surface area contributed by atoms with Gasteiger partial charge in [0.25, 0.3) is 0 Å². The quantitative estimate of drug-likeness (QED) is 0.147. The minimum atomic E-state index is -0.980. The van der Waals surface area contributed by atoms with Gasteiger partial charge in [-0.15, -0.1) is 0 Å². The number of carboxylic acid groups (broad SMARTS) is 1. The molecule has 0 aromatic rings. The van der Waals surface area contributed by atoms with E-state index in [1.54, 1.807) is 21.3 Å². The van der Waals surface area contributed by atoms with Gasteiger partial charge in [-0.3, -0.25) is 19.7 Å². The Balaban J connectivity index is 1.60. The highest BCUT2D eigenvalue weighted by molar-refractivity contribution is 5.92. The molecule has 0 heterocycles. The number of ether oxygens (including phenoxy) is 3. The van der Waals surface area contributed by atoms with Crippen LogP contribution in [0.4, 0.5) is 4.79 Å². The molecule has 3 amide bonds. The lowest BCUT2D eigenvalue weighted by Crippen LogP contribution is -2.59. The summed E-state index contributed by atoms with van der Waals surface area (Å²) in [6.07, 6.45) is 8.54. The van der Waals surface area contributed by atoms with Gasteiger partial charge in [-0.2, -0.15) is 0 Å². The third-order valence-corrected chi connectivity index (χ3v) is 11.3. The number of amides is 3. The van der Waals surface area contributed by atoms with Crippen LogP contribution in [-0.2, 0) is 28.6 Å². The van der Waals surface area contributed by atoms with E-state index >= 15 is 0 Å². The number of methoxy groups -OCH3 is 3. The number of rotatable bonds is 17. The van der Waals surface area contributed by atoms with Crippen molar-refractivity contribution in [1.29, 1.82) is 0 Å². The van der Waals surface area contributed by atoms with Crippen LogP contribution in [0.2, 0.25) is 0 Å². The normalized spacial score (nSPS) is 30.6. The summed E-state index contributed by atoms with van der Waals surface area (Å²) in [6.45, 7) is 9.93. The van der Waals surface area contributed by atoms with Crippen molar-refractivity contribution in [2.45, 2.75) is 166 Å². The predicted octanol–water partition coefficient (Wildman–Crippen LogP) is 4.58. The first-order valence-electron chi connectivity index (χ1n) is 18.7. The predicted molar refractivity (Wildman–Crippen MR) is 188 cm³/mol. The molecule has 0 spiro atoms. The Hall–Kier alpha value is -2.28. The van der Waals surface area contributed by atoms with Gasteiger partial charge in [0.15, 0.2) is 5.78 Å². The van der Waals surface area contributed by atoms with Crippen LogP contribution in [0.25, 0.3) is 0 Å². The van der Waals surface area contributed by atoms with Gasteiger partial charge < -0.3 is 35.3 Å². The highest BCUT2D eigenvalue weighted by Gasteiger charge is 2.40. The van der Waals surface area contributed by atoms with Crippen molar-refractivity contribution in [2.75, 3.05) is 21.3 Å². The van der Waals surface area contributed by atoms with Crippen molar-refractivity contribution >= 4 is 23.7 Å². The summed E-state index contributed by atoms with van der Waals surface area (Å²) in [4.78, 5) is 52.4. The van der Waals surface area contributed by atoms with Gasteiger partial charge in [0, 0.05) is 57.8 Å². The summed E-state index contributed by atoms with van der Waals surface area (Å²) in [5.74, 6) is -1.38. The molecular formula is C37H66N4O8. The molecular weight excluding hydrogens is 628 g/mol. The zero-order valence-electron chi connectivity index (χ0n) is 31.3. The lowest BCUT2D eigenvalue weighted by atomic mass is 9.79. The van der Waals surface area contributed by atoms with Crippen LogP contribution in [0.3, 0.4) is 0 Å². The van der Waals surface area contributed by atoms with E-state index in [-0.39, 0.29) is 78.8 Å². The molecule has 12 heteroatoms. The molecule has 3 fully saturated rings. The van der Waals surface area contributed by atoms with E-state index in [0.29, 0.717) is 38.0 Å². The first-order chi connectivity index (χ1) is 23.2. The van der Waals surface area contributed by atoms with Gasteiger partial charge >= 0.3 is 12.0 Å². The third kappa shape index (κ3) is 12.5. The second-order valence-electron chi connectivity index (χ2n) is 15.9. The Morgan fingerprint density at radius 1 is 0.796 bits per heavy atom. The molecule has 9 unspecified atom stereocenters. The largest absolute Gasteiger partial charge is 0.481 e. The maximum Gasteiger partial charge on any atom is 0.315 e. The summed E-state index contributed by atoms with van der Waals surface area (Å²) in [7, 11) is 4.93. The summed E-state index contributed by atoms with van der Waals surface area (Å²) in [5, 5.41) is 22.6. The fourth-order valence-corrected chi connectivity index (χ4v) is 8.33. The van der Waals surface area contributed by atoms with Crippen molar-refractivity contribution in [3.05, 3.63) is 0 Å². The Bertz CT molecular complexity index is 1090. The molecule has 12 nitrogen and oxygen atoms in total. The number of nitrogens with one attached hydrogen (secondary N) is 4. The molecule has 10 atom stereocenters. The van der Waals surface area contributed by atoms with Gasteiger partial charge in [0.2, 0.25) is 5.91 Å². The van der Waals surface area contributed by atoms with Crippen molar-refractivity contribution in [3.8, 4) is 0 Å². The maximum atomic E-state index is 13.9. The minimum absolute atomic E-state index is 0.0257. The Morgan fingerprint density at radius 2 is 1.47 bits per heavy atom. The molecule has 49 heavy (non-hydrogen) atoms. The SMILES string of the molecule is COC1CC(NC(=O)NC2CCCCC2C)CCC1NC(C)(C)C(=O)CC(CC(C)C)C(=O)N[C@@H](CC(=O)O)C1CCC(OC)C(OC)C1. The summed E-state index contributed by atoms with van der Waals surface area (Å²) in [6, 6.07) is -0.614. The van der Waals surface area contributed by atoms with Crippen LogP contribution >= 0.6 is 0 Å². The lowest BCUT2D eigenvalue weighted by Gasteiger charge is -2.41. The Kier molecular flexibility index (Phi) is 16.3. The number of Topliss-reactive ketones (excluding diaryl/α,β-unsaturated/α-hetero) is 1. The smallest absolute Gasteiger partial charge is 0.315 e. The minimum Gasteiger partial charge on any atom is -0.481 e. The standard InChI is InChI=1S/C37H66N4O8/c1-22(2)17-25(35(45)39-29(21-34(43)44)24-13-16-30(47-6)32(18-24)49-8)19-33(42)37(4,5)41-28-15-14-26(20-31(28)48-7)38-36(46)40-27-12-10-9-11-23(27)3/h22-32,41H,9-21H2,1-8H3,(H,39,45)(H,43,44)(H2,38,40,46)/t23?,24?,25?,26?,27?,28?,29-,30?,31?,32?/m0/s1. The number of urea groups is 1. The molecule has 3 saturated carbocycles. The van der Waals surface area contributed by atoms with E-state index in [0.717, 1.165) is 32.1 Å². The van der Waals surface area contributed by atoms with Gasteiger partial charge in [-0.25, -0.2) is 4.79 Å². The maximum absolute atomic E-state index is 13.9. The molecule has 282 valence electrons. The molecule has 3 aliphatic rings. The van der Waals surface area contributed by atoms with Crippen LogP contribution in [-0.4, -0.2) is 98.1 Å². The van der Waals surface area contributed by atoms with Crippen molar-refractivity contribution in [1.82, 2.24) is 21.3 Å². The first kappa shape index (κ1) is 41.1.